The molecule has 1 aliphatic heterocycles. The number of fused-ring (bicyclic) bond motifs is 1. The maximum absolute atomic E-state index is 13.0. The van der Waals surface area contributed by atoms with Gasteiger partial charge in [-0.2, -0.15) is 0 Å². The number of amides is 1. The van der Waals surface area contributed by atoms with Crippen LogP contribution in [0.15, 0.2) is 42.5 Å². The first-order valence-electron chi connectivity index (χ1n) is 12.3. The van der Waals surface area contributed by atoms with Crippen LogP contribution in [-0.4, -0.2) is 47.7 Å². The molecule has 1 saturated carbocycles. The van der Waals surface area contributed by atoms with Gasteiger partial charge in [-0.1, -0.05) is 41.9 Å². The molecule has 0 spiro atoms. The molecule has 1 amide bonds. The minimum absolute atomic E-state index is 0.0100. The average molecular weight is 469 g/mol. The van der Waals surface area contributed by atoms with Crippen molar-refractivity contribution in [3.05, 3.63) is 64.2 Å². The summed E-state index contributed by atoms with van der Waals surface area (Å²) >= 11 is 6.45. The molecular formula is C27H33ClN2O3. The zero-order chi connectivity index (χ0) is 22.8. The molecule has 2 aromatic rings. The van der Waals surface area contributed by atoms with Gasteiger partial charge in [0.15, 0.2) is 0 Å². The number of hydrogen-bond donors (Lipinski definition) is 2. The largest absolute Gasteiger partial charge is 0.489 e. The van der Waals surface area contributed by atoms with Crippen molar-refractivity contribution in [3.8, 4) is 5.75 Å². The average Bonchev–Trinajstić information content (AvgIpc) is 3.29. The van der Waals surface area contributed by atoms with Crippen molar-refractivity contribution in [1.82, 2.24) is 10.2 Å². The third-order valence-electron chi connectivity index (χ3n) is 7.11. The molecule has 0 unspecified atom stereocenters. The number of nitrogens with zero attached hydrogens (tertiary/aromatic N) is 1. The van der Waals surface area contributed by atoms with E-state index in [2.05, 4.69) is 34.5 Å². The second-order valence-corrected chi connectivity index (χ2v) is 10.3. The van der Waals surface area contributed by atoms with E-state index in [9.17, 15) is 9.90 Å². The molecule has 2 aromatic carbocycles. The topological polar surface area (TPSA) is 61.8 Å². The van der Waals surface area contributed by atoms with Crippen molar-refractivity contribution in [2.45, 2.75) is 63.2 Å². The SMILES string of the molecule is O=C(CC1Cc2ccccc2C1)N[C@H](CN1CCCC1)[C@H](O)c1ccc(OC2CC2)c(Cl)c1. The number of rotatable bonds is 9. The first-order valence-corrected chi connectivity index (χ1v) is 12.7. The minimum Gasteiger partial charge on any atom is -0.489 e. The van der Waals surface area contributed by atoms with Crippen LogP contribution in [0.1, 0.15) is 54.9 Å². The van der Waals surface area contributed by atoms with Gasteiger partial charge >= 0.3 is 0 Å². The second-order valence-electron chi connectivity index (χ2n) is 9.88. The fraction of sp³-hybridized carbons (Fsp3) is 0.519. The molecule has 0 bridgehead atoms. The number of aliphatic hydroxyl groups is 1. The van der Waals surface area contributed by atoms with Crippen molar-refractivity contribution < 1.29 is 14.6 Å². The van der Waals surface area contributed by atoms with Crippen molar-refractivity contribution in [1.29, 1.82) is 0 Å². The zero-order valence-corrected chi connectivity index (χ0v) is 19.8. The number of halogens is 1. The molecule has 176 valence electrons. The van der Waals surface area contributed by atoms with Crippen LogP contribution in [0.5, 0.6) is 5.75 Å². The summed E-state index contributed by atoms with van der Waals surface area (Å²) in [6, 6.07) is 13.5. The summed E-state index contributed by atoms with van der Waals surface area (Å²) in [5.74, 6) is 0.993. The summed E-state index contributed by atoms with van der Waals surface area (Å²) in [5.41, 5.74) is 3.42. The van der Waals surface area contributed by atoms with E-state index in [4.69, 9.17) is 16.3 Å². The van der Waals surface area contributed by atoms with Crippen LogP contribution >= 0.6 is 11.6 Å². The Kier molecular flexibility index (Phi) is 6.91. The summed E-state index contributed by atoms with van der Waals surface area (Å²) in [6.45, 7) is 2.65. The molecule has 2 N–H and O–H groups in total. The standard InChI is InChI=1S/C27H33ClN2O3/c28-23-16-21(7-10-25(23)33-22-8-9-22)27(32)24(17-30-11-3-4-12-30)29-26(31)15-18-13-19-5-1-2-6-20(19)14-18/h1-2,5-7,10,16,18,22,24,27,32H,3-4,8-9,11-15,17H2,(H,29,31)/t24-,27-/m1/s1. The number of likely N-dealkylation sites (tertiary alicyclic amines) is 1. The van der Waals surface area contributed by atoms with Gasteiger partial charge in [-0.05, 0) is 86.4 Å². The summed E-state index contributed by atoms with van der Waals surface area (Å²) in [4.78, 5) is 15.4. The van der Waals surface area contributed by atoms with Crippen molar-refractivity contribution in [3.63, 3.8) is 0 Å². The van der Waals surface area contributed by atoms with Gasteiger partial charge in [0, 0.05) is 13.0 Å². The first kappa shape index (κ1) is 22.7. The number of hydrogen-bond acceptors (Lipinski definition) is 4. The monoisotopic (exact) mass is 468 g/mol. The van der Waals surface area contributed by atoms with E-state index in [1.165, 1.54) is 11.1 Å². The van der Waals surface area contributed by atoms with E-state index in [1.54, 1.807) is 6.07 Å². The number of aliphatic hydroxyl groups excluding tert-OH is 1. The van der Waals surface area contributed by atoms with E-state index in [-0.39, 0.29) is 18.1 Å². The first-order chi connectivity index (χ1) is 16.0. The van der Waals surface area contributed by atoms with Crippen LogP contribution in [0.3, 0.4) is 0 Å². The maximum atomic E-state index is 13.0. The third kappa shape index (κ3) is 5.71. The molecule has 5 nitrogen and oxygen atoms in total. The lowest BCUT2D eigenvalue weighted by Crippen LogP contribution is -2.47. The molecule has 6 heteroatoms. The Labute approximate surface area is 201 Å². The maximum Gasteiger partial charge on any atom is 0.220 e. The summed E-state index contributed by atoms with van der Waals surface area (Å²) in [6.07, 6.45) is 6.26. The highest BCUT2D eigenvalue weighted by atomic mass is 35.5. The second kappa shape index (κ2) is 10.0. The number of nitrogens with one attached hydrogen (secondary N) is 1. The van der Waals surface area contributed by atoms with Gasteiger partial charge in [0.2, 0.25) is 5.91 Å². The summed E-state index contributed by atoms with van der Waals surface area (Å²) in [7, 11) is 0. The van der Waals surface area contributed by atoms with Crippen LogP contribution in [0.2, 0.25) is 5.02 Å². The summed E-state index contributed by atoms with van der Waals surface area (Å²) < 4.78 is 5.83. The molecule has 5 rings (SSSR count). The Morgan fingerprint density at radius 1 is 1.12 bits per heavy atom. The van der Waals surface area contributed by atoms with Gasteiger partial charge in [0.1, 0.15) is 11.9 Å². The zero-order valence-electron chi connectivity index (χ0n) is 19.0. The number of benzene rings is 2. The van der Waals surface area contributed by atoms with Gasteiger partial charge in [-0.15, -0.1) is 0 Å². The predicted octanol–water partition coefficient (Wildman–Crippen LogP) is 4.30. The molecule has 2 atom stereocenters. The van der Waals surface area contributed by atoms with Gasteiger partial charge in [0.25, 0.3) is 0 Å². The van der Waals surface area contributed by atoms with Crippen molar-refractivity contribution >= 4 is 17.5 Å². The normalized spacial score (nSPS) is 20.4. The summed E-state index contributed by atoms with van der Waals surface area (Å²) in [5, 5.41) is 14.9. The number of ether oxygens (including phenoxy) is 1. The van der Waals surface area contributed by atoms with E-state index < -0.39 is 6.10 Å². The van der Waals surface area contributed by atoms with Gasteiger partial charge in [-0.25, -0.2) is 0 Å². The number of carbonyl (C=O) groups is 1. The fourth-order valence-corrected chi connectivity index (χ4v) is 5.42. The van der Waals surface area contributed by atoms with Crippen molar-refractivity contribution in [2.75, 3.05) is 19.6 Å². The Morgan fingerprint density at radius 2 is 1.82 bits per heavy atom. The highest BCUT2D eigenvalue weighted by molar-refractivity contribution is 6.32. The van der Waals surface area contributed by atoms with E-state index in [1.807, 2.05) is 12.1 Å². The van der Waals surface area contributed by atoms with Crippen molar-refractivity contribution in [2.24, 2.45) is 5.92 Å². The van der Waals surface area contributed by atoms with Crippen LogP contribution < -0.4 is 10.1 Å². The lowest BCUT2D eigenvalue weighted by Gasteiger charge is -2.29. The molecule has 0 aromatic heterocycles. The molecule has 3 aliphatic rings. The molecule has 1 saturated heterocycles. The van der Waals surface area contributed by atoms with Gasteiger partial charge in [-0.3, -0.25) is 4.79 Å². The molecule has 2 aliphatic carbocycles. The quantitative estimate of drug-likeness (QED) is 0.576. The Hall–Kier alpha value is -2.08. The molecule has 1 heterocycles. The highest BCUT2D eigenvalue weighted by Crippen LogP contribution is 2.34. The smallest absolute Gasteiger partial charge is 0.220 e. The third-order valence-corrected chi connectivity index (χ3v) is 7.40. The fourth-order valence-electron chi connectivity index (χ4n) is 5.18. The van der Waals surface area contributed by atoms with Crippen LogP contribution in [-0.2, 0) is 17.6 Å². The predicted molar refractivity (Wildman–Crippen MR) is 130 cm³/mol. The molecule has 0 radical (unpaired) electrons. The van der Waals surface area contributed by atoms with Gasteiger partial charge in [0.05, 0.1) is 17.2 Å². The Bertz CT molecular complexity index is 962. The number of carbonyl (C=O) groups excluding carboxylic acids is 1. The molecule has 33 heavy (non-hydrogen) atoms. The Balaban J connectivity index is 1.25. The molecule has 2 fully saturated rings. The molecular weight excluding hydrogens is 436 g/mol. The van der Waals surface area contributed by atoms with E-state index in [0.29, 0.717) is 35.2 Å². The van der Waals surface area contributed by atoms with E-state index >= 15 is 0 Å². The lowest BCUT2D eigenvalue weighted by molar-refractivity contribution is -0.123. The van der Waals surface area contributed by atoms with Crippen LogP contribution in [0, 0.1) is 5.92 Å². The van der Waals surface area contributed by atoms with Crippen LogP contribution in [0.4, 0.5) is 0 Å². The van der Waals surface area contributed by atoms with Crippen LogP contribution in [0.25, 0.3) is 0 Å². The van der Waals surface area contributed by atoms with Gasteiger partial charge < -0.3 is 20.1 Å². The lowest BCUT2D eigenvalue weighted by atomic mass is 9.99. The Morgan fingerprint density at radius 3 is 2.45 bits per heavy atom. The van der Waals surface area contributed by atoms with E-state index in [0.717, 1.165) is 51.6 Å². The highest BCUT2D eigenvalue weighted by Gasteiger charge is 2.30. The minimum atomic E-state index is -0.831.